The third kappa shape index (κ3) is 4.78. The molecule has 7 heteroatoms. The first-order valence-electron chi connectivity index (χ1n) is 11.8. The van der Waals surface area contributed by atoms with Crippen LogP contribution in [0.25, 0.3) is 11.5 Å². The van der Waals surface area contributed by atoms with Crippen molar-refractivity contribution in [2.24, 2.45) is 0 Å². The summed E-state index contributed by atoms with van der Waals surface area (Å²) in [6, 6.07) is 22.7. The number of nitrogens with zero attached hydrogens (tertiary/aromatic N) is 2. The minimum atomic E-state index is -0.947. The lowest BCUT2D eigenvalue weighted by atomic mass is 9.84. The summed E-state index contributed by atoms with van der Waals surface area (Å²) in [5, 5.41) is 9.77. The Labute approximate surface area is 209 Å². The Kier molecular flexibility index (Phi) is 6.64. The summed E-state index contributed by atoms with van der Waals surface area (Å²) in [5.41, 5.74) is 3.85. The number of ketones is 1. The maximum absolute atomic E-state index is 13.5. The highest BCUT2D eigenvalue weighted by Gasteiger charge is 2.40. The predicted octanol–water partition coefficient (Wildman–Crippen LogP) is 4.83. The van der Waals surface area contributed by atoms with Gasteiger partial charge in [-0.2, -0.15) is 0 Å². The fraction of sp³-hybridized carbons (Fsp3) is 0.207. The number of rotatable bonds is 8. The Hall–Kier alpha value is -4.23. The molecular weight excluding hydrogens is 456 g/mol. The SMILES string of the molecule is CN1C(C(=O)O)Cc2ccc(OCCc3coc(-c4ccccc4)n3)cc2C1C(=O)c1ccccc1. The monoisotopic (exact) mass is 482 g/mol. The summed E-state index contributed by atoms with van der Waals surface area (Å²) >= 11 is 0. The molecule has 1 aliphatic heterocycles. The number of aromatic nitrogens is 1. The summed E-state index contributed by atoms with van der Waals surface area (Å²) in [7, 11) is 1.69. The van der Waals surface area contributed by atoms with E-state index in [1.54, 1.807) is 42.5 Å². The highest BCUT2D eigenvalue weighted by Crippen LogP contribution is 2.36. The number of likely N-dealkylation sites (N-methyl/N-ethyl adjacent to an activating group) is 1. The van der Waals surface area contributed by atoms with Gasteiger partial charge in [-0.3, -0.25) is 14.5 Å². The number of benzene rings is 3. The van der Waals surface area contributed by atoms with Crippen LogP contribution in [-0.2, 0) is 17.6 Å². The van der Waals surface area contributed by atoms with Crippen molar-refractivity contribution < 1.29 is 23.8 Å². The second-order valence-electron chi connectivity index (χ2n) is 8.83. The van der Waals surface area contributed by atoms with Gasteiger partial charge in [-0.15, -0.1) is 0 Å². The fourth-order valence-corrected chi connectivity index (χ4v) is 4.61. The van der Waals surface area contributed by atoms with E-state index in [9.17, 15) is 14.7 Å². The molecule has 0 saturated heterocycles. The molecule has 2 unspecified atom stereocenters. The Morgan fingerprint density at radius 2 is 1.78 bits per heavy atom. The number of fused-ring (bicyclic) bond motifs is 1. The maximum atomic E-state index is 13.5. The van der Waals surface area contributed by atoms with E-state index in [0.29, 0.717) is 36.7 Å². The first-order valence-corrected chi connectivity index (χ1v) is 11.8. The number of carbonyl (C=O) groups excluding carboxylic acids is 1. The zero-order valence-corrected chi connectivity index (χ0v) is 19.8. The van der Waals surface area contributed by atoms with Crippen molar-refractivity contribution in [1.82, 2.24) is 9.88 Å². The number of carboxylic acid groups (broad SMARTS) is 1. The van der Waals surface area contributed by atoms with E-state index in [4.69, 9.17) is 9.15 Å². The molecule has 1 aromatic heterocycles. The standard InChI is InChI=1S/C29H26N2O5/c1-31-25(29(33)34)16-21-12-13-23(17-24(21)26(31)27(32)19-8-4-2-5-9-19)35-15-14-22-18-36-28(30-22)20-10-6-3-7-11-20/h2-13,17-18,25-26H,14-16H2,1H3,(H,33,34). The van der Waals surface area contributed by atoms with Gasteiger partial charge in [0, 0.05) is 17.5 Å². The third-order valence-corrected chi connectivity index (χ3v) is 6.52. The van der Waals surface area contributed by atoms with Crippen LogP contribution in [0.15, 0.2) is 89.5 Å². The highest BCUT2D eigenvalue weighted by molar-refractivity contribution is 6.01. The lowest BCUT2D eigenvalue weighted by Crippen LogP contribution is -2.48. The van der Waals surface area contributed by atoms with Gasteiger partial charge in [0.15, 0.2) is 5.78 Å². The molecule has 0 fully saturated rings. The molecule has 0 spiro atoms. The first-order chi connectivity index (χ1) is 17.5. The van der Waals surface area contributed by atoms with Gasteiger partial charge in [0.25, 0.3) is 0 Å². The predicted molar refractivity (Wildman–Crippen MR) is 134 cm³/mol. The van der Waals surface area contributed by atoms with Crippen LogP contribution in [-0.4, -0.2) is 46.4 Å². The van der Waals surface area contributed by atoms with Gasteiger partial charge in [-0.1, -0.05) is 54.6 Å². The molecule has 0 amide bonds. The topological polar surface area (TPSA) is 92.9 Å². The Morgan fingerprint density at radius 1 is 1.06 bits per heavy atom. The number of aliphatic carboxylic acids is 1. The highest BCUT2D eigenvalue weighted by atomic mass is 16.5. The fourth-order valence-electron chi connectivity index (χ4n) is 4.61. The minimum Gasteiger partial charge on any atom is -0.493 e. The largest absolute Gasteiger partial charge is 0.493 e. The normalized spacial score (nSPS) is 17.4. The van der Waals surface area contributed by atoms with Crippen molar-refractivity contribution >= 4 is 11.8 Å². The second-order valence-corrected chi connectivity index (χ2v) is 8.83. The second kappa shape index (κ2) is 10.2. The summed E-state index contributed by atoms with van der Waals surface area (Å²) in [6.07, 6.45) is 2.51. The van der Waals surface area contributed by atoms with E-state index >= 15 is 0 Å². The molecule has 4 aromatic rings. The third-order valence-electron chi connectivity index (χ3n) is 6.52. The Morgan fingerprint density at radius 3 is 2.50 bits per heavy atom. The van der Waals surface area contributed by atoms with Crippen molar-refractivity contribution in [2.75, 3.05) is 13.7 Å². The van der Waals surface area contributed by atoms with E-state index in [1.807, 2.05) is 54.6 Å². The van der Waals surface area contributed by atoms with Gasteiger partial charge >= 0.3 is 5.97 Å². The molecule has 0 saturated carbocycles. The summed E-state index contributed by atoms with van der Waals surface area (Å²) < 4.78 is 11.6. The number of Topliss-reactive ketones (excluding diaryl/α,β-unsaturated/α-hetero) is 1. The molecule has 1 aliphatic rings. The number of oxazole rings is 1. The zero-order chi connectivity index (χ0) is 25.1. The number of carbonyl (C=O) groups is 2. The van der Waals surface area contributed by atoms with Crippen molar-refractivity contribution in [3.63, 3.8) is 0 Å². The van der Waals surface area contributed by atoms with Gasteiger partial charge in [-0.05, 0) is 48.9 Å². The number of carboxylic acids is 1. The van der Waals surface area contributed by atoms with E-state index in [2.05, 4.69) is 4.98 Å². The summed E-state index contributed by atoms with van der Waals surface area (Å²) in [5.74, 6) is 0.0987. The van der Waals surface area contributed by atoms with Crippen LogP contribution in [0.5, 0.6) is 5.75 Å². The first kappa shape index (κ1) is 23.5. The van der Waals surface area contributed by atoms with Gasteiger partial charge in [0.2, 0.25) is 5.89 Å². The lowest BCUT2D eigenvalue weighted by molar-refractivity contribution is -0.143. The van der Waals surface area contributed by atoms with Crippen LogP contribution in [0.3, 0.4) is 0 Å². The quantitative estimate of drug-likeness (QED) is 0.360. The smallest absolute Gasteiger partial charge is 0.321 e. The summed E-state index contributed by atoms with van der Waals surface area (Å²) in [6.45, 7) is 0.379. The molecular formula is C29H26N2O5. The lowest BCUT2D eigenvalue weighted by Gasteiger charge is -2.38. The molecule has 2 atom stereocenters. The number of hydrogen-bond donors (Lipinski definition) is 1. The van der Waals surface area contributed by atoms with Crippen molar-refractivity contribution in [3.05, 3.63) is 108 Å². The number of ether oxygens (including phenoxy) is 1. The molecule has 2 heterocycles. The van der Waals surface area contributed by atoms with Crippen molar-refractivity contribution in [3.8, 4) is 17.2 Å². The van der Waals surface area contributed by atoms with Crippen LogP contribution in [0, 0.1) is 0 Å². The molecule has 5 rings (SSSR count). The van der Waals surface area contributed by atoms with Gasteiger partial charge in [-0.25, -0.2) is 4.98 Å². The molecule has 3 aromatic carbocycles. The van der Waals surface area contributed by atoms with Crippen LogP contribution < -0.4 is 4.74 Å². The molecule has 1 N–H and O–H groups in total. The molecule has 36 heavy (non-hydrogen) atoms. The van der Waals surface area contributed by atoms with Crippen LogP contribution in [0.1, 0.15) is 33.2 Å². The van der Waals surface area contributed by atoms with Gasteiger partial charge < -0.3 is 14.3 Å². The molecule has 0 bridgehead atoms. The Bertz CT molecular complexity index is 1370. The number of hydrogen-bond acceptors (Lipinski definition) is 6. The van der Waals surface area contributed by atoms with Gasteiger partial charge in [0.1, 0.15) is 18.1 Å². The molecule has 0 radical (unpaired) electrons. The van der Waals surface area contributed by atoms with E-state index in [-0.39, 0.29) is 5.78 Å². The van der Waals surface area contributed by atoms with Gasteiger partial charge in [0.05, 0.1) is 18.3 Å². The molecule has 182 valence electrons. The van der Waals surface area contributed by atoms with E-state index in [0.717, 1.165) is 22.4 Å². The van der Waals surface area contributed by atoms with Crippen LogP contribution in [0.2, 0.25) is 0 Å². The average Bonchev–Trinajstić information content (AvgIpc) is 3.38. The molecule has 7 nitrogen and oxygen atoms in total. The minimum absolute atomic E-state index is 0.140. The summed E-state index contributed by atoms with van der Waals surface area (Å²) in [4.78, 5) is 31.6. The molecule has 0 aliphatic carbocycles. The Balaban J connectivity index is 1.34. The maximum Gasteiger partial charge on any atom is 0.321 e. The van der Waals surface area contributed by atoms with Crippen molar-refractivity contribution in [1.29, 1.82) is 0 Å². The average molecular weight is 483 g/mol. The van der Waals surface area contributed by atoms with Crippen LogP contribution >= 0.6 is 0 Å². The van der Waals surface area contributed by atoms with E-state index < -0.39 is 18.1 Å². The van der Waals surface area contributed by atoms with Crippen LogP contribution in [0.4, 0.5) is 0 Å². The van der Waals surface area contributed by atoms with E-state index in [1.165, 1.54) is 0 Å². The zero-order valence-electron chi connectivity index (χ0n) is 19.8. The van der Waals surface area contributed by atoms with Crippen molar-refractivity contribution in [2.45, 2.75) is 24.9 Å².